The minimum Gasteiger partial charge on any atom is -0.378 e. The van der Waals surface area contributed by atoms with Gasteiger partial charge in [0.2, 0.25) is 0 Å². The van der Waals surface area contributed by atoms with Crippen molar-refractivity contribution in [2.45, 2.75) is 6.04 Å². The quantitative estimate of drug-likeness (QED) is 0.806. The number of morpholine rings is 1. The van der Waals surface area contributed by atoms with E-state index in [-0.39, 0.29) is 6.04 Å². The molecule has 76 valence electrons. The van der Waals surface area contributed by atoms with Crippen molar-refractivity contribution >= 4 is 31.9 Å². The Labute approximate surface area is 99.5 Å². The first kappa shape index (κ1) is 10.5. The fraction of sp³-hybridized carbons (Fsp3) is 0.444. The van der Waals surface area contributed by atoms with Crippen LogP contribution in [0.5, 0.6) is 0 Å². The molecule has 2 heterocycles. The van der Waals surface area contributed by atoms with Gasteiger partial charge in [-0.15, -0.1) is 0 Å². The number of nitrogens with one attached hydrogen (secondary N) is 1. The van der Waals surface area contributed by atoms with E-state index in [4.69, 9.17) is 4.74 Å². The summed E-state index contributed by atoms with van der Waals surface area (Å²) in [7, 11) is 0. The van der Waals surface area contributed by atoms with Crippen LogP contribution in [0.25, 0.3) is 0 Å². The Kier molecular flexibility index (Phi) is 3.54. The molecule has 1 atom stereocenters. The first-order chi connectivity index (χ1) is 6.79. The maximum absolute atomic E-state index is 5.41. The first-order valence-electron chi connectivity index (χ1n) is 4.40. The zero-order chi connectivity index (χ0) is 9.97. The number of nitrogens with zero attached hydrogens (tertiary/aromatic N) is 1. The molecule has 1 aliphatic rings. The van der Waals surface area contributed by atoms with E-state index < -0.39 is 0 Å². The molecule has 1 N–H and O–H groups in total. The van der Waals surface area contributed by atoms with E-state index >= 15 is 0 Å². The van der Waals surface area contributed by atoms with Gasteiger partial charge in [0.1, 0.15) is 4.60 Å². The van der Waals surface area contributed by atoms with Crippen molar-refractivity contribution in [2.75, 3.05) is 19.8 Å². The van der Waals surface area contributed by atoms with Crippen molar-refractivity contribution in [3.8, 4) is 0 Å². The predicted octanol–water partition coefficient (Wildman–Crippen LogP) is 2.27. The Balaban J connectivity index is 2.26. The zero-order valence-electron chi connectivity index (χ0n) is 7.46. The topological polar surface area (TPSA) is 34.1 Å². The number of hydrogen-bond acceptors (Lipinski definition) is 3. The van der Waals surface area contributed by atoms with E-state index in [1.165, 1.54) is 5.56 Å². The highest BCUT2D eigenvalue weighted by Gasteiger charge is 2.18. The number of halogens is 2. The van der Waals surface area contributed by atoms with Crippen LogP contribution in [0, 0.1) is 0 Å². The van der Waals surface area contributed by atoms with Gasteiger partial charge in [-0.25, -0.2) is 4.98 Å². The maximum atomic E-state index is 5.41. The van der Waals surface area contributed by atoms with E-state index in [0.29, 0.717) is 0 Å². The van der Waals surface area contributed by atoms with Crippen LogP contribution in [0.3, 0.4) is 0 Å². The molecule has 5 heteroatoms. The summed E-state index contributed by atoms with van der Waals surface area (Å²) >= 11 is 6.90. The van der Waals surface area contributed by atoms with Gasteiger partial charge < -0.3 is 10.1 Å². The van der Waals surface area contributed by atoms with Gasteiger partial charge in [-0.3, -0.25) is 0 Å². The van der Waals surface area contributed by atoms with Crippen molar-refractivity contribution in [3.63, 3.8) is 0 Å². The Hall–Kier alpha value is 0.0300. The van der Waals surface area contributed by atoms with Crippen LogP contribution < -0.4 is 5.32 Å². The molecule has 14 heavy (non-hydrogen) atoms. The molecule has 1 aromatic rings. The van der Waals surface area contributed by atoms with E-state index in [0.717, 1.165) is 28.8 Å². The summed E-state index contributed by atoms with van der Waals surface area (Å²) < 4.78 is 7.25. The van der Waals surface area contributed by atoms with Gasteiger partial charge in [0.15, 0.2) is 0 Å². The van der Waals surface area contributed by atoms with E-state index in [1.54, 1.807) is 6.20 Å². The van der Waals surface area contributed by atoms with Crippen molar-refractivity contribution in [1.82, 2.24) is 10.3 Å². The van der Waals surface area contributed by atoms with E-state index in [9.17, 15) is 0 Å². The van der Waals surface area contributed by atoms with Crippen LogP contribution in [0.2, 0.25) is 0 Å². The monoisotopic (exact) mass is 320 g/mol. The fourth-order valence-electron chi connectivity index (χ4n) is 1.47. The van der Waals surface area contributed by atoms with Gasteiger partial charge in [0, 0.05) is 12.7 Å². The molecule has 2 rings (SSSR count). The highest BCUT2D eigenvalue weighted by molar-refractivity contribution is 9.13. The first-order valence-corrected chi connectivity index (χ1v) is 5.98. The lowest BCUT2D eigenvalue weighted by molar-refractivity contribution is 0.0766. The number of hydrogen-bond donors (Lipinski definition) is 1. The molecule has 0 amide bonds. The van der Waals surface area contributed by atoms with E-state index in [2.05, 4.69) is 42.2 Å². The summed E-state index contributed by atoms with van der Waals surface area (Å²) in [6.45, 7) is 2.41. The minimum atomic E-state index is 0.262. The fourth-order valence-corrected chi connectivity index (χ4v) is 2.32. The molecule has 0 unspecified atom stereocenters. The SMILES string of the molecule is Brc1nccc([C@@H]2COCCN2)c1Br. The van der Waals surface area contributed by atoms with Crippen LogP contribution in [0.1, 0.15) is 11.6 Å². The maximum Gasteiger partial charge on any atom is 0.120 e. The molecule has 3 nitrogen and oxygen atoms in total. The van der Waals surface area contributed by atoms with Crippen LogP contribution >= 0.6 is 31.9 Å². The Morgan fingerprint density at radius 1 is 1.50 bits per heavy atom. The van der Waals surface area contributed by atoms with Gasteiger partial charge in [0.05, 0.1) is 23.7 Å². The Bertz CT molecular complexity index is 327. The van der Waals surface area contributed by atoms with Gasteiger partial charge in [-0.05, 0) is 43.5 Å². The largest absolute Gasteiger partial charge is 0.378 e. The summed E-state index contributed by atoms with van der Waals surface area (Å²) in [5.41, 5.74) is 1.19. The molecule has 1 aliphatic heterocycles. The second-order valence-electron chi connectivity index (χ2n) is 3.09. The average Bonchev–Trinajstić information content (AvgIpc) is 2.23. The van der Waals surface area contributed by atoms with Crippen LogP contribution in [0.4, 0.5) is 0 Å². The third kappa shape index (κ3) is 2.16. The Morgan fingerprint density at radius 2 is 2.36 bits per heavy atom. The average molecular weight is 322 g/mol. The standard InChI is InChI=1S/C9H10Br2N2O/c10-8-6(1-2-13-9(8)11)7-5-14-4-3-12-7/h1-2,7,12H,3-5H2/t7-/m0/s1. The van der Waals surface area contributed by atoms with E-state index in [1.807, 2.05) is 6.07 Å². The molecular formula is C9H10Br2N2O. The molecule has 0 aromatic carbocycles. The molecule has 0 aliphatic carbocycles. The summed E-state index contributed by atoms with van der Waals surface area (Å²) in [4.78, 5) is 4.14. The predicted molar refractivity (Wildman–Crippen MR) is 61.2 cm³/mol. The van der Waals surface area contributed by atoms with Gasteiger partial charge in [-0.2, -0.15) is 0 Å². The van der Waals surface area contributed by atoms with Gasteiger partial charge >= 0.3 is 0 Å². The normalized spacial score (nSPS) is 22.3. The third-order valence-corrected chi connectivity index (χ3v) is 4.14. The number of aromatic nitrogens is 1. The van der Waals surface area contributed by atoms with Gasteiger partial charge in [0.25, 0.3) is 0 Å². The van der Waals surface area contributed by atoms with Crippen molar-refractivity contribution in [1.29, 1.82) is 0 Å². The van der Waals surface area contributed by atoms with Crippen molar-refractivity contribution in [3.05, 3.63) is 26.9 Å². The van der Waals surface area contributed by atoms with Crippen molar-refractivity contribution < 1.29 is 4.74 Å². The van der Waals surface area contributed by atoms with Crippen LogP contribution in [0.15, 0.2) is 21.3 Å². The summed E-state index contributed by atoms with van der Waals surface area (Å²) in [5, 5.41) is 3.40. The lowest BCUT2D eigenvalue weighted by Crippen LogP contribution is -2.34. The minimum absolute atomic E-state index is 0.262. The number of pyridine rings is 1. The molecule has 1 saturated heterocycles. The molecule has 1 aromatic heterocycles. The second kappa shape index (κ2) is 4.70. The molecule has 0 radical (unpaired) electrons. The second-order valence-corrected chi connectivity index (χ2v) is 4.63. The molecular weight excluding hydrogens is 312 g/mol. The van der Waals surface area contributed by atoms with Crippen LogP contribution in [-0.4, -0.2) is 24.7 Å². The molecule has 0 saturated carbocycles. The lowest BCUT2D eigenvalue weighted by atomic mass is 10.1. The van der Waals surface area contributed by atoms with Crippen molar-refractivity contribution in [2.24, 2.45) is 0 Å². The molecule has 0 spiro atoms. The summed E-state index contributed by atoms with van der Waals surface area (Å²) in [6.07, 6.45) is 1.79. The van der Waals surface area contributed by atoms with Crippen LogP contribution in [-0.2, 0) is 4.74 Å². The highest BCUT2D eigenvalue weighted by atomic mass is 79.9. The summed E-state index contributed by atoms with van der Waals surface area (Å²) in [5.74, 6) is 0. The highest BCUT2D eigenvalue weighted by Crippen LogP contribution is 2.29. The smallest absolute Gasteiger partial charge is 0.120 e. The number of rotatable bonds is 1. The molecule has 1 fully saturated rings. The number of ether oxygens (including phenoxy) is 1. The Morgan fingerprint density at radius 3 is 3.07 bits per heavy atom. The molecule has 0 bridgehead atoms. The van der Waals surface area contributed by atoms with Gasteiger partial charge in [-0.1, -0.05) is 0 Å². The summed E-state index contributed by atoms with van der Waals surface area (Å²) in [6, 6.07) is 2.26. The lowest BCUT2D eigenvalue weighted by Gasteiger charge is -2.25. The third-order valence-electron chi connectivity index (χ3n) is 2.17. The zero-order valence-corrected chi connectivity index (χ0v) is 10.6.